The molecule has 7 rings (SSSR count). The summed E-state index contributed by atoms with van der Waals surface area (Å²) >= 11 is 0. The second kappa shape index (κ2) is 6.53. The van der Waals surface area contributed by atoms with E-state index < -0.39 is 5.54 Å². The Labute approximate surface area is 195 Å². The van der Waals surface area contributed by atoms with E-state index >= 15 is 0 Å². The SMILES string of the molecule is CN1C(=O)NC(=O)C12Cc1cc3ncc(CN4CC5CC(=O)Nc6cccc4c65)nc3cc1C2. The van der Waals surface area contributed by atoms with Gasteiger partial charge in [-0.15, -0.1) is 0 Å². The Morgan fingerprint density at radius 1 is 1.09 bits per heavy atom. The van der Waals surface area contributed by atoms with Crippen LogP contribution in [0.2, 0.25) is 0 Å². The number of hydrogen-bond acceptors (Lipinski definition) is 6. The van der Waals surface area contributed by atoms with Crippen molar-refractivity contribution in [1.82, 2.24) is 20.2 Å². The zero-order valence-corrected chi connectivity index (χ0v) is 18.6. The number of rotatable bonds is 2. The molecule has 9 nitrogen and oxygen atoms in total. The Kier molecular flexibility index (Phi) is 3.74. The zero-order valence-electron chi connectivity index (χ0n) is 18.6. The smallest absolute Gasteiger partial charge is 0.324 e. The number of carbonyl (C=O) groups excluding carboxylic acids is 3. The number of carbonyl (C=O) groups is 3. The summed E-state index contributed by atoms with van der Waals surface area (Å²) in [4.78, 5) is 50.1. The molecule has 0 saturated carbocycles. The van der Waals surface area contributed by atoms with E-state index in [1.807, 2.05) is 24.3 Å². The van der Waals surface area contributed by atoms with E-state index in [0.717, 1.165) is 45.8 Å². The number of aromatic nitrogens is 2. The fourth-order valence-corrected chi connectivity index (χ4v) is 6.08. The lowest BCUT2D eigenvalue weighted by atomic mass is 9.92. The first kappa shape index (κ1) is 19.5. The Morgan fingerprint density at radius 3 is 2.65 bits per heavy atom. The highest BCUT2D eigenvalue weighted by Crippen LogP contribution is 2.45. The van der Waals surface area contributed by atoms with Gasteiger partial charge in [0.05, 0.1) is 29.5 Å². The molecule has 1 aromatic heterocycles. The third kappa shape index (κ3) is 2.57. The van der Waals surface area contributed by atoms with Crippen LogP contribution in [-0.2, 0) is 29.0 Å². The Balaban J connectivity index is 1.20. The van der Waals surface area contributed by atoms with Crippen molar-refractivity contribution in [1.29, 1.82) is 0 Å². The van der Waals surface area contributed by atoms with Gasteiger partial charge in [-0.3, -0.25) is 19.9 Å². The average Bonchev–Trinajstić information content (AvgIpc) is 3.42. The number of nitrogens with one attached hydrogen (secondary N) is 2. The molecule has 4 heterocycles. The standard InChI is InChI=1S/C25H22N6O3/c1-30-24(34)29-23(33)25(30)8-13-5-18-19(6-14(13)9-25)27-16(10-26-18)12-31-11-15-7-21(32)28-17-3-2-4-20(31)22(15)17/h2-6,10,15H,7-9,11-12H2,1H3,(H,28,32)(H,29,33,34). The fourth-order valence-electron chi connectivity index (χ4n) is 6.08. The van der Waals surface area contributed by atoms with Crippen LogP contribution in [0.5, 0.6) is 0 Å². The highest BCUT2D eigenvalue weighted by Gasteiger charge is 2.54. The van der Waals surface area contributed by atoms with Crippen LogP contribution in [0.3, 0.4) is 0 Å². The van der Waals surface area contributed by atoms with Crippen LogP contribution in [0.25, 0.3) is 11.0 Å². The first-order chi connectivity index (χ1) is 16.4. The number of anilines is 2. The van der Waals surface area contributed by atoms with Crippen molar-refractivity contribution < 1.29 is 14.4 Å². The van der Waals surface area contributed by atoms with Crippen molar-refractivity contribution in [2.45, 2.75) is 37.3 Å². The summed E-state index contributed by atoms with van der Waals surface area (Å²) < 4.78 is 0. The van der Waals surface area contributed by atoms with E-state index in [-0.39, 0.29) is 23.8 Å². The van der Waals surface area contributed by atoms with E-state index in [4.69, 9.17) is 4.98 Å². The zero-order chi connectivity index (χ0) is 23.2. The summed E-state index contributed by atoms with van der Waals surface area (Å²) in [6.07, 6.45) is 3.26. The summed E-state index contributed by atoms with van der Waals surface area (Å²) in [6.45, 7) is 1.38. The summed E-state index contributed by atoms with van der Waals surface area (Å²) in [5.41, 5.74) is 6.88. The highest BCUT2D eigenvalue weighted by atomic mass is 16.2. The Morgan fingerprint density at radius 2 is 1.88 bits per heavy atom. The van der Waals surface area contributed by atoms with Gasteiger partial charge in [-0.1, -0.05) is 6.07 Å². The lowest BCUT2D eigenvalue weighted by molar-refractivity contribution is -0.125. The molecule has 2 N–H and O–H groups in total. The lowest BCUT2D eigenvalue weighted by Gasteiger charge is -2.27. The molecule has 1 saturated heterocycles. The number of urea groups is 1. The monoisotopic (exact) mass is 454 g/mol. The van der Waals surface area contributed by atoms with E-state index in [0.29, 0.717) is 25.8 Å². The topological polar surface area (TPSA) is 108 Å². The van der Waals surface area contributed by atoms with Crippen LogP contribution in [0.4, 0.5) is 16.2 Å². The van der Waals surface area contributed by atoms with Crippen molar-refractivity contribution in [2.75, 3.05) is 23.8 Å². The summed E-state index contributed by atoms with van der Waals surface area (Å²) in [7, 11) is 1.67. The molecule has 3 aliphatic heterocycles. The molecular weight excluding hydrogens is 432 g/mol. The van der Waals surface area contributed by atoms with Crippen LogP contribution in [0.1, 0.15) is 34.7 Å². The maximum Gasteiger partial charge on any atom is 0.324 e. The molecule has 170 valence electrons. The Bertz CT molecular complexity index is 1450. The minimum atomic E-state index is -0.858. The number of benzene rings is 2. The molecule has 1 spiro atoms. The maximum absolute atomic E-state index is 12.6. The molecule has 4 amide bonds. The van der Waals surface area contributed by atoms with Gasteiger partial charge in [0.15, 0.2) is 0 Å². The van der Waals surface area contributed by atoms with Crippen LogP contribution < -0.4 is 15.5 Å². The largest absolute Gasteiger partial charge is 0.365 e. The number of amides is 4. The van der Waals surface area contributed by atoms with Crippen molar-refractivity contribution in [2.24, 2.45) is 0 Å². The van der Waals surface area contributed by atoms with Gasteiger partial charge in [0.1, 0.15) is 5.54 Å². The van der Waals surface area contributed by atoms with Crippen LogP contribution in [0, 0.1) is 0 Å². The molecule has 0 radical (unpaired) electrons. The Hall–Kier alpha value is -4.01. The minimum Gasteiger partial charge on any atom is -0.365 e. The number of fused-ring (bicyclic) bond motifs is 2. The molecular formula is C25H22N6O3. The first-order valence-electron chi connectivity index (χ1n) is 11.5. The third-order valence-electron chi connectivity index (χ3n) is 7.80. The van der Waals surface area contributed by atoms with E-state index in [1.54, 1.807) is 13.2 Å². The van der Waals surface area contributed by atoms with Gasteiger partial charge in [0.2, 0.25) is 5.91 Å². The maximum atomic E-state index is 12.6. The second-order valence-electron chi connectivity index (χ2n) is 9.74. The normalized spacial score (nSPS) is 24.6. The molecule has 2 unspecified atom stereocenters. The number of nitrogens with zero attached hydrogens (tertiary/aromatic N) is 4. The molecule has 4 aliphatic rings. The molecule has 9 heteroatoms. The molecule has 1 aliphatic carbocycles. The summed E-state index contributed by atoms with van der Waals surface area (Å²) in [5, 5.41) is 5.43. The highest BCUT2D eigenvalue weighted by molar-refractivity contribution is 6.08. The molecule has 0 bridgehead atoms. The molecule has 2 atom stereocenters. The average molecular weight is 454 g/mol. The van der Waals surface area contributed by atoms with Crippen molar-refractivity contribution in [3.05, 3.63) is 58.9 Å². The third-order valence-corrected chi connectivity index (χ3v) is 7.80. The van der Waals surface area contributed by atoms with E-state index in [2.05, 4.69) is 26.6 Å². The van der Waals surface area contributed by atoms with E-state index in [1.165, 1.54) is 10.5 Å². The van der Waals surface area contributed by atoms with Crippen molar-refractivity contribution in [3.63, 3.8) is 0 Å². The lowest BCUT2D eigenvalue weighted by Crippen LogP contribution is -2.48. The van der Waals surface area contributed by atoms with Gasteiger partial charge in [-0.25, -0.2) is 9.78 Å². The minimum absolute atomic E-state index is 0.0666. The molecule has 34 heavy (non-hydrogen) atoms. The summed E-state index contributed by atoms with van der Waals surface area (Å²) in [6, 6.07) is 9.69. The molecule has 2 aromatic carbocycles. The second-order valence-corrected chi connectivity index (χ2v) is 9.74. The van der Waals surface area contributed by atoms with Crippen LogP contribution in [0.15, 0.2) is 36.5 Å². The van der Waals surface area contributed by atoms with Gasteiger partial charge in [0, 0.05) is 55.7 Å². The van der Waals surface area contributed by atoms with Crippen LogP contribution in [-0.4, -0.2) is 51.8 Å². The summed E-state index contributed by atoms with van der Waals surface area (Å²) in [5.74, 6) is 0.0239. The predicted octanol–water partition coefficient (Wildman–Crippen LogP) is 2.09. The first-order valence-corrected chi connectivity index (χ1v) is 11.5. The van der Waals surface area contributed by atoms with Crippen molar-refractivity contribution >= 4 is 40.3 Å². The number of hydrogen-bond donors (Lipinski definition) is 2. The number of imide groups is 1. The van der Waals surface area contributed by atoms with Gasteiger partial charge in [0.25, 0.3) is 5.91 Å². The van der Waals surface area contributed by atoms with Gasteiger partial charge in [-0.2, -0.15) is 0 Å². The van der Waals surface area contributed by atoms with Gasteiger partial charge < -0.3 is 15.1 Å². The fraction of sp³-hybridized carbons (Fsp3) is 0.320. The van der Waals surface area contributed by atoms with Crippen LogP contribution >= 0.6 is 0 Å². The molecule has 1 fully saturated rings. The van der Waals surface area contributed by atoms with Crippen molar-refractivity contribution in [3.8, 4) is 0 Å². The number of likely N-dealkylation sites (N-methyl/N-ethyl adjacent to an activating group) is 1. The predicted molar refractivity (Wildman–Crippen MR) is 124 cm³/mol. The molecule has 3 aromatic rings. The quantitative estimate of drug-likeness (QED) is 0.575. The van der Waals surface area contributed by atoms with Gasteiger partial charge in [-0.05, 0) is 35.4 Å². The van der Waals surface area contributed by atoms with Gasteiger partial charge >= 0.3 is 6.03 Å². The van der Waals surface area contributed by atoms with E-state index in [9.17, 15) is 14.4 Å².